The number of amides is 2. The number of hydrogen-bond acceptors (Lipinski definition) is 2. The average Bonchev–Trinajstić information content (AvgIpc) is 3.26. The highest BCUT2D eigenvalue weighted by atomic mass is 79.9. The molecule has 1 N–H and O–H groups in total. The van der Waals surface area contributed by atoms with Crippen LogP contribution in [-0.4, -0.2) is 28.8 Å². The molecule has 0 spiro atoms. The van der Waals surface area contributed by atoms with Crippen molar-refractivity contribution >= 4 is 27.7 Å². The summed E-state index contributed by atoms with van der Waals surface area (Å²) in [6, 6.07) is 7.88. The molecule has 106 valence electrons. The fraction of sp³-hybridized carbons (Fsp3) is 0.467. The second kappa shape index (κ2) is 4.88. The van der Waals surface area contributed by atoms with Crippen molar-refractivity contribution in [3.05, 3.63) is 34.3 Å². The zero-order valence-corrected chi connectivity index (χ0v) is 12.9. The largest absolute Gasteiger partial charge is 0.345 e. The number of carbonyl (C=O) groups excluding carboxylic acids is 2. The second-order valence-corrected chi connectivity index (χ2v) is 6.63. The summed E-state index contributed by atoms with van der Waals surface area (Å²) in [5.41, 5.74) is 0.353. The first-order chi connectivity index (χ1) is 9.51. The van der Waals surface area contributed by atoms with E-state index in [1.807, 2.05) is 31.2 Å². The smallest absolute Gasteiger partial charge is 0.246 e. The molecule has 1 aliphatic carbocycles. The van der Waals surface area contributed by atoms with Crippen LogP contribution in [0.15, 0.2) is 28.7 Å². The van der Waals surface area contributed by atoms with E-state index in [2.05, 4.69) is 21.2 Å². The lowest BCUT2D eigenvalue weighted by atomic mass is 9.89. The lowest BCUT2D eigenvalue weighted by Gasteiger charge is -2.44. The maximum atomic E-state index is 12.3. The van der Waals surface area contributed by atoms with Gasteiger partial charge >= 0.3 is 0 Å². The molecule has 1 saturated carbocycles. The maximum absolute atomic E-state index is 12.3. The molecule has 3 rings (SSSR count). The molecule has 0 bridgehead atoms. The number of hydrogen-bond donors (Lipinski definition) is 1. The van der Waals surface area contributed by atoms with Crippen molar-refractivity contribution in [1.82, 2.24) is 10.2 Å². The molecule has 5 heteroatoms. The fourth-order valence-corrected chi connectivity index (χ4v) is 3.15. The SMILES string of the molecule is CC1(C2CC2)C(=O)NCC(=O)N1Cc1ccc(Br)cc1. The summed E-state index contributed by atoms with van der Waals surface area (Å²) in [4.78, 5) is 26.3. The van der Waals surface area contributed by atoms with E-state index in [1.165, 1.54) is 0 Å². The number of carbonyl (C=O) groups is 2. The minimum Gasteiger partial charge on any atom is -0.345 e. The van der Waals surface area contributed by atoms with Crippen LogP contribution in [0, 0.1) is 5.92 Å². The highest BCUT2D eigenvalue weighted by Crippen LogP contribution is 2.44. The molecule has 1 unspecified atom stereocenters. The first-order valence-corrected chi connectivity index (χ1v) is 7.64. The molecule has 2 amide bonds. The van der Waals surface area contributed by atoms with Gasteiger partial charge in [-0.25, -0.2) is 0 Å². The van der Waals surface area contributed by atoms with E-state index in [0.717, 1.165) is 22.9 Å². The highest BCUT2D eigenvalue weighted by molar-refractivity contribution is 9.10. The van der Waals surface area contributed by atoms with Crippen molar-refractivity contribution in [2.45, 2.75) is 31.8 Å². The number of nitrogens with zero attached hydrogens (tertiary/aromatic N) is 1. The summed E-state index contributed by atoms with van der Waals surface area (Å²) in [5.74, 6) is 0.279. The Morgan fingerprint density at radius 2 is 1.95 bits per heavy atom. The van der Waals surface area contributed by atoms with Gasteiger partial charge < -0.3 is 10.2 Å². The lowest BCUT2D eigenvalue weighted by molar-refractivity contribution is -0.155. The van der Waals surface area contributed by atoms with Gasteiger partial charge in [0.15, 0.2) is 0 Å². The van der Waals surface area contributed by atoms with Gasteiger partial charge in [0.25, 0.3) is 0 Å². The van der Waals surface area contributed by atoms with E-state index < -0.39 is 5.54 Å². The van der Waals surface area contributed by atoms with Crippen LogP contribution in [0.2, 0.25) is 0 Å². The molecule has 1 heterocycles. The maximum Gasteiger partial charge on any atom is 0.246 e. The van der Waals surface area contributed by atoms with Crippen LogP contribution in [0.1, 0.15) is 25.3 Å². The number of piperazine rings is 1. The third-order valence-electron chi connectivity index (χ3n) is 4.35. The monoisotopic (exact) mass is 336 g/mol. The predicted octanol–water partition coefficient (Wildman–Crippen LogP) is 2.08. The van der Waals surface area contributed by atoms with Crippen LogP contribution < -0.4 is 5.32 Å². The van der Waals surface area contributed by atoms with E-state index in [4.69, 9.17) is 0 Å². The van der Waals surface area contributed by atoms with E-state index in [-0.39, 0.29) is 18.4 Å². The normalized spacial score (nSPS) is 26.6. The zero-order chi connectivity index (χ0) is 14.3. The zero-order valence-electron chi connectivity index (χ0n) is 11.4. The summed E-state index contributed by atoms with van der Waals surface area (Å²) < 4.78 is 1.01. The molecule has 1 aliphatic heterocycles. The summed E-state index contributed by atoms with van der Waals surface area (Å²) in [6.45, 7) is 2.50. The van der Waals surface area contributed by atoms with Gasteiger partial charge in [-0.1, -0.05) is 28.1 Å². The Kier molecular flexibility index (Phi) is 3.32. The molecule has 0 aromatic heterocycles. The van der Waals surface area contributed by atoms with Gasteiger partial charge in [-0.2, -0.15) is 0 Å². The minimum atomic E-state index is -0.692. The highest BCUT2D eigenvalue weighted by Gasteiger charge is 2.54. The van der Waals surface area contributed by atoms with Crippen molar-refractivity contribution < 1.29 is 9.59 Å². The standard InChI is InChI=1S/C15H17BrN2O2/c1-15(11-4-5-11)14(20)17-8-13(19)18(15)9-10-2-6-12(16)7-3-10/h2-3,6-7,11H,4-5,8-9H2,1H3,(H,17,20). The van der Waals surface area contributed by atoms with Gasteiger partial charge in [0.05, 0.1) is 6.54 Å². The Morgan fingerprint density at radius 3 is 2.55 bits per heavy atom. The van der Waals surface area contributed by atoms with Crippen LogP contribution in [0.3, 0.4) is 0 Å². The van der Waals surface area contributed by atoms with Gasteiger partial charge in [0.1, 0.15) is 5.54 Å². The molecule has 4 nitrogen and oxygen atoms in total. The summed E-state index contributed by atoms with van der Waals surface area (Å²) >= 11 is 3.40. The Hall–Kier alpha value is -1.36. The van der Waals surface area contributed by atoms with Crippen molar-refractivity contribution in [1.29, 1.82) is 0 Å². The molecule has 1 aromatic carbocycles. The molecule has 2 aliphatic rings. The molecule has 0 radical (unpaired) electrons. The van der Waals surface area contributed by atoms with E-state index in [1.54, 1.807) is 4.90 Å². The number of nitrogens with one attached hydrogen (secondary N) is 1. The van der Waals surface area contributed by atoms with Crippen molar-refractivity contribution in [2.24, 2.45) is 5.92 Å². The van der Waals surface area contributed by atoms with Crippen LogP contribution in [0.25, 0.3) is 0 Å². The Morgan fingerprint density at radius 1 is 1.30 bits per heavy atom. The molecule has 1 atom stereocenters. The Bertz CT molecular complexity index is 553. The first kappa shape index (κ1) is 13.6. The van der Waals surface area contributed by atoms with Gasteiger partial charge in [0, 0.05) is 11.0 Å². The minimum absolute atomic E-state index is 0.00178. The van der Waals surface area contributed by atoms with Gasteiger partial charge in [-0.3, -0.25) is 9.59 Å². The molecule has 1 aromatic rings. The first-order valence-electron chi connectivity index (χ1n) is 6.85. The van der Waals surface area contributed by atoms with E-state index in [0.29, 0.717) is 12.5 Å². The Balaban J connectivity index is 1.89. The Labute approximate surface area is 126 Å². The van der Waals surface area contributed by atoms with Gasteiger partial charge in [-0.15, -0.1) is 0 Å². The third-order valence-corrected chi connectivity index (χ3v) is 4.88. The van der Waals surface area contributed by atoms with Crippen molar-refractivity contribution in [3.8, 4) is 0 Å². The number of rotatable bonds is 3. The molecule has 1 saturated heterocycles. The average molecular weight is 337 g/mol. The van der Waals surface area contributed by atoms with Crippen LogP contribution >= 0.6 is 15.9 Å². The van der Waals surface area contributed by atoms with E-state index in [9.17, 15) is 9.59 Å². The molecule has 2 fully saturated rings. The van der Waals surface area contributed by atoms with Crippen LogP contribution in [-0.2, 0) is 16.1 Å². The van der Waals surface area contributed by atoms with Gasteiger partial charge in [-0.05, 0) is 43.4 Å². The summed E-state index contributed by atoms with van der Waals surface area (Å²) in [6.07, 6.45) is 2.04. The van der Waals surface area contributed by atoms with E-state index >= 15 is 0 Å². The molecule has 20 heavy (non-hydrogen) atoms. The summed E-state index contributed by atoms with van der Waals surface area (Å²) in [7, 11) is 0. The van der Waals surface area contributed by atoms with Crippen LogP contribution in [0.5, 0.6) is 0 Å². The quantitative estimate of drug-likeness (QED) is 0.918. The predicted molar refractivity (Wildman–Crippen MR) is 78.8 cm³/mol. The molecular weight excluding hydrogens is 320 g/mol. The van der Waals surface area contributed by atoms with Crippen LogP contribution in [0.4, 0.5) is 0 Å². The topological polar surface area (TPSA) is 49.4 Å². The van der Waals surface area contributed by atoms with Gasteiger partial charge in [0.2, 0.25) is 11.8 Å². The van der Waals surface area contributed by atoms with Crippen molar-refractivity contribution in [3.63, 3.8) is 0 Å². The third kappa shape index (κ3) is 2.24. The molecular formula is C15H17BrN2O2. The fourth-order valence-electron chi connectivity index (χ4n) is 2.89. The number of halogens is 1. The summed E-state index contributed by atoms with van der Waals surface area (Å²) in [5, 5.41) is 2.73. The number of benzene rings is 1. The van der Waals surface area contributed by atoms with Crippen molar-refractivity contribution in [2.75, 3.05) is 6.54 Å². The lowest BCUT2D eigenvalue weighted by Crippen LogP contribution is -2.66. The second-order valence-electron chi connectivity index (χ2n) is 5.71.